The Labute approximate surface area is 68.9 Å². The van der Waals surface area contributed by atoms with Crippen molar-refractivity contribution in [2.45, 2.75) is 13.8 Å². The Bertz CT molecular complexity index is 251. The summed E-state index contributed by atoms with van der Waals surface area (Å²) >= 11 is 0. The van der Waals surface area contributed by atoms with E-state index in [4.69, 9.17) is 6.42 Å². The van der Waals surface area contributed by atoms with Crippen molar-refractivity contribution >= 4 is 7.14 Å². The van der Waals surface area contributed by atoms with E-state index in [1.807, 2.05) is 13.6 Å². The molecule has 1 rings (SSSR count). The van der Waals surface area contributed by atoms with Gasteiger partial charge in [-0.15, -0.1) is 6.42 Å². The van der Waals surface area contributed by atoms with Crippen LogP contribution >= 0.6 is 7.14 Å². The number of terminal acetylenes is 1. The second kappa shape index (κ2) is 2.39. The number of hydrogen-bond acceptors (Lipinski definition) is 1. The highest BCUT2D eigenvalue weighted by atomic mass is 31.2. The Morgan fingerprint density at radius 2 is 2.27 bits per heavy atom. The molecule has 3 atom stereocenters. The van der Waals surface area contributed by atoms with Gasteiger partial charge in [-0.05, 0) is 19.5 Å². The number of rotatable bonds is 0. The molecule has 0 N–H and O–H groups in total. The maximum Gasteiger partial charge on any atom is 0.0866 e. The molecule has 62 valence electrons. The van der Waals surface area contributed by atoms with Crippen LogP contribution in [0.3, 0.4) is 0 Å². The molecule has 0 aromatic heterocycles. The summed E-state index contributed by atoms with van der Waals surface area (Å²) in [6, 6.07) is 0. The fourth-order valence-corrected chi connectivity index (χ4v) is 5.37. The van der Waals surface area contributed by atoms with Crippen molar-refractivity contribution in [2.75, 3.05) is 19.0 Å². The molecule has 0 aliphatic carbocycles. The van der Waals surface area contributed by atoms with Gasteiger partial charge in [0, 0.05) is 17.7 Å². The van der Waals surface area contributed by atoms with Crippen LogP contribution in [-0.2, 0) is 4.57 Å². The zero-order valence-corrected chi connectivity index (χ0v) is 8.32. The van der Waals surface area contributed by atoms with Crippen LogP contribution in [0.1, 0.15) is 13.8 Å². The van der Waals surface area contributed by atoms with Crippen LogP contribution in [0.2, 0.25) is 0 Å². The van der Waals surface area contributed by atoms with Gasteiger partial charge in [0.1, 0.15) is 0 Å². The molecule has 0 spiro atoms. The van der Waals surface area contributed by atoms with Crippen LogP contribution < -0.4 is 0 Å². The zero-order chi connectivity index (χ0) is 8.70. The average Bonchev–Trinajstić information content (AvgIpc) is 2.03. The van der Waals surface area contributed by atoms with E-state index in [2.05, 4.69) is 12.8 Å². The predicted molar refractivity (Wildman–Crippen MR) is 49.4 cm³/mol. The van der Waals surface area contributed by atoms with Crippen molar-refractivity contribution < 1.29 is 4.57 Å². The van der Waals surface area contributed by atoms with E-state index >= 15 is 0 Å². The van der Waals surface area contributed by atoms with Gasteiger partial charge in [-0.3, -0.25) is 0 Å². The molecule has 2 heteroatoms. The third kappa shape index (κ3) is 1.52. The summed E-state index contributed by atoms with van der Waals surface area (Å²) in [6.07, 6.45) is 6.97. The van der Waals surface area contributed by atoms with Gasteiger partial charge in [0.15, 0.2) is 0 Å². The highest BCUT2D eigenvalue weighted by molar-refractivity contribution is 7.63. The standard InChI is InChI=1S/C9H15OP/c1-5-9(3)7-11(4,10)6-8(9)2/h1,8H,6-7H2,2-4H3. The Hall–Kier alpha value is -0.210. The lowest BCUT2D eigenvalue weighted by Crippen LogP contribution is -2.20. The fraction of sp³-hybridized carbons (Fsp3) is 0.778. The molecule has 1 aliphatic rings. The molecule has 1 aliphatic heterocycles. The van der Waals surface area contributed by atoms with Crippen molar-refractivity contribution in [1.82, 2.24) is 0 Å². The smallest absolute Gasteiger partial charge is 0.0866 e. The van der Waals surface area contributed by atoms with Gasteiger partial charge < -0.3 is 4.57 Å². The monoisotopic (exact) mass is 170 g/mol. The first-order valence-corrected chi connectivity index (χ1v) is 6.45. The molecule has 1 nitrogen and oxygen atoms in total. The van der Waals surface area contributed by atoms with Crippen LogP contribution in [-0.4, -0.2) is 19.0 Å². The summed E-state index contributed by atoms with van der Waals surface area (Å²) in [5.41, 5.74) is -0.107. The second-order valence-corrected chi connectivity index (χ2v) is 7.38. The maximum absolute atomic E-state index is 11.7. The third-order valence-corrected chi connectivity index (χ3v) is 5.39. The van der Waals surface area contributed by atoms with E-state index in [1.54, 1.807) is 0 Å². The Morgan fingerprint density at radius 1 is 1.73 bits per heavy atom. The molecule has 0 saturated carbocycles. The van der Waals surface area contributed by atoms with Crippen LogP contribution in [0.15, 0.2) is 0 Å². The topological polar surface area (TPSA) is 17.1 Å². The molecular formula is C9H15OP. The van der Waals surface area contributed by atoms with Crippen LogP contribution in [0.4, 0.5) is 0 Å². The summed E-state index contributed by atoms with van der Waals surface area (Å²) < 4.78 is 11.7. The summed E-state index contributed by atoms with van der Waals surface area (Å²) in [5, 5.41) is 0. The van der Waals surface area contributed by atoms with E-state index in [9.17, 15) is 4.57 Å². The minimum absolute atomic E-state index is 0.107. The molecule has 0 radical (unpaired) electrons. The lowest BCUT2D eigenvalue weighted by atomic mass is 9.82. The second-order valence-electron chi connectivity index (χ2n) is 4.10. The average molecular weight is 170 g/mol. The molecule has 0 aromatic rings. The minimum Gasteiger partial charge on any atom is -0.324 e. The lowest BCUT2D eigenvalue weighted by Gasteiger charge is -2.20. The highest BCUT2D eigenvalue weighted by Crippen LogP contribution is 2.58. The molecule has 1 saturated heterocycles. The van der Waals surface area contributed by atoms with E-state index in [0.717, 1.165) is 12.3 Å². The van der Waals surface area contributed by atoms with Gasteiger partial charge in [-0.25, -0.2) is 0 Å². The molecule has 1 heterocycles. The fourth-order valence-electron chi connectivity index (χ4n) is 1.88. The first kappa shape index (κ1) is 8.88. The largest absolute Gasteiger partial charge is 0.324 e. The van der Waals surface area contributed by atoms with Crippen molar-refractivity contribution in [2.24, 2.45) is 11.3 Å². The van der Waals surface area contributed by atoms with Crippen LogP contribution in [0.25, 0.3) is 0 Å². The molecule has 0 bridgehead atoms. The molecule has 11 heavy (non-hydrogen) atoms. The number of hydrogen-bond donors (Lipinski definition) is 0. The van der Waals surface area contributed by atoms with Gasteiger partial charge >= 0.3 is 0 Å². The summed E-state index contributed by atoms with van der Waals surface area (Å²) in [4.78, 5) is 0. The van der Waals surface area contributed by atoms with E-state index in [-0.39, 0.29) is 5.41 Å². The van der Waals surface area contributed by atoms with Gasteiger partial charge in [0.2, 0.25) is 0 Å². The summed E-state index contributed by atoms with van der Waals surface area (Å²) in [5.74, 6) is 3.19. The Kier molecular flexibility index (Phi) is 1.93. The van der Waals surface area contributed by atoms with Crippen LogP contribution in [0.5, 0.6) is 0 Å². The van der Waals surface area contributed by atoms with Gasteiger partial charge in [-0.1, -0.05) is 12.8 Å². The Morgan fingerprint density at radius 3 is 2.45 bits per heavy atom. The van der Waals surface area contributed by atoms with Crippen molar-refractivity contribution in [3.8, 4) is 12.3 Å². The highest BCUT2D eigenvalue weighted by Gasteiger charge is 2.43. The molecule has 3 unspecified atom stereocenters. The first-order chi connectivity index (χ1) is 4.90. The maximum atomic E-state index is 11.7. The normalized spacial score (nSPS) is 50.5. The van der Waals surface area contributed by atoms with Crippen LogP contribution in [0, 0.1) is 23.7 Å². The van der Waals surface area contributed by atoms with Crippen molar-refractivity contribution in [1.29, 1.82) is 0 Å². The lowest BCUT2D eigenvalue weighted by molar-refractivity contribution is 0.383. The minimum atomic E-state index is -1.88. The van der Waals surface area contributed by atoms with Gasteiger partial charge in [0.25, 0.3) is 0 Å². The summed E-state index contributed by atoms with van der Waals surface area (Å²) in [6.45, 7) is 6.01. The van der Waals surface area contributed by atoms with Crippen molar-refractivity contribution in [3.63, 3.8) is 0 Å². The van der Waals surface area contributed by atoms with E-state index < -0.39 is 7.14 Å². The molecular weight excluding hydrogens is 155 g/mol. The Balaban J connectivity index is 2.93. The quantitative estimate of drug-likeness (QED) is 0.402. The first-order valence-electron chi connectivity index (χ1n) is 3.93. The van der Waals surface area contributed by atoms with Gasteiger partial charge in [-0.2, -0.15) is 0 Å². The molecule has 0 aromatic carbocycles. The third-order valence-electron chi connectivity index (χ3n) is 2.74. The summed E-state index contributed by atoms with van der Waals surface area (Å²) in [7, 11) is -1.88. The predicted octanol–water partition coefficient (Wildman–Crippen LogP) is 2.27. The van der Waals surface area contributed by atoms with E-state index in [0.29, 0.717) is 5.92 Å². The molecule has 0 amide bonds. The SMILES string of the molecule is C#CC1(C)CP(C)(=O)CC1C. The van der Waals surface area contributed by atoms with E-state index in [1.165, 1.54) is 0 Å². The van der Waals surface area contributed by atoms with Crippen molar-refractivity contribution in [3.05, 3.63) is 0 Å². The van der Waals surface area contributed by atoms with Gasteiger partial charge in [0.05, 0.1) is 7.14 Å². The molecule has 1 fully saturated rings. The zero-order valence-electron chi connectivity index (χ0n) is 7.42.